The molecular weight excluding hydrogens is 292 g/mol. The lowest BCUT2D eigenvalue weighted by molar-refractivity contribution is -0.0123. The fraction of sp³-hybridized carbons (Fsp3) is 0.778. The zero-order valence-corrected chi connectivity index (χ0v) is 14.4. The number of hydrogen-bond acceptors (Lipinski definition) is 4. The van der Waals surface area contributed by atoms with Crippen LogP contribution in [-0.4, -0.2) is 39.6 Å². The van der Waals surface area contributed by atoms with Crippen LogP contribution in [0, 0.1) is 25.7 Å². The van der Waals surface area contributed by atoms with E-state index in [2.05, 4.69) is 11.9 Å². The third kappa shape index (κ3) is 3.30. The number of carbonyl (C=O) groups is 1. The molecule has 5 nitrogen and oxygen atoms in total. The van der Waals surface area contributed by atoms with Crippen molar-refractivity contribution in [2.75, 3.05) is 6.54 Å². The Balaban J connectivity index is 1.83. The summed E-state index contributed by atoms with van der Waals surface area (Å²) in [5.41, 5.74) is 0.438. The SMILES string of the molecule is Cc1nc(C(=O)N2CCCC[C@@H]2[C@@H]2C[C@H](C)CC[C@H]2O)c(C)o1. The second kappa shape index (κ2) is 6.63. The summed E-state index contributed by atoms with van der Waals surface area (Å²) in [7, 11) is 0. The summed E-state index contributed by atoms with van der Waals surface area (Å²) < 4.78 is 5.44. The minimum Gasteiger partial charge on any atom is -0.445 e. The zero-order chi connectivity index (χ0) is 16.6. The maximum absolute atomic E-state index is 13.0. The normalized spacial score (nSPS) is 32.1. The number of hydrogen-bond donors (Lipinski definition) is 1. The van der Waals surface area contributed by atoms with Crippen LogP contribution in [0.4, 0.5) is 0 Å². The third-order valence-corrected chi connectivity index (χ3v) is 5.53. The van der Waals surface area contributed by atoms with E-state index in [9.17, 15) is 9.90 Å². The Hall–Kier alpha value is -1.36. The Labute approximate surface area is 138 Å². The molecule has 1 saturated heterocycles. The summed E-state index contributed by atoms with van der Waals surface area (Å²) in [6.07, 6.45) is 5.79. The van der Waals surface area contributed by atoms with E-state index in [0.717, 1.165) is 45.1 Å². The summed E-state index contributed by atoms with van der Waals surface area (Å²) in [5, 5.41) is 10.5. The average Bonchev–Trinajstić information content (AvgIpc) is 2.87. The van der Waals surface area contributed by atoms with E-state index in [-0.39, 0.29) is 24.0 Å². The smallest absolute Gasteiger partial charge is 0.276 e. The minimum absolute atomic E-state index is 0.0329. The number of nitrogens with zero attached hydrogens (tertiary/aromatic N) is 2. The van der Waals surface area contributed by atoms with Gasteiger partial charge in [-0.15, -0.1) is 0 Å². The topological polar surface area (TPSA) is 66.6 Å². The highest BCUT2D eigenvalue weighted by atomic mass is 16.4. The van der Waals surface area contributed by atoms with Crippen molar-refractivity contribution < 1.29 is 14.3 Å². The first kappa shape index (κ1) is 16.5. The number of oxazole rings is 1. The molecular formula is C18H28N2O3. The van der Waals surface area contributed by atoms with Crippen LogP contribution < -0.4 is 0 Å². The van der Waals surface area contributed by atoms with Gasteiger partial charge in [0.05, 0.1) is 6.10 Å². The van der Waals surface area contributed by atoms with Crippen LogP contribution in [0.5, 0.6) is 0 Å². The molecule has 0 unspecified atom stereocenters. The number of aryl methyl sites for hydroxylation is 2. The number of aromatic nitrogens is 1. The van der Waals surface area contributed by atoms with Gasteiger partial charge in [0.2, 0.25) is 0 Å². The summed E-state index contributed by atoms with van der Waals surface area (Å²) >= 11 is 0. The van der Waals surface area contributed by atoms with Crippen molar-refractivity contribution in [1.29, 1.82) is 0 Å². The van der Waals surface area contributed by atoms with Crippen LogP contribution in [0.15, 0.2) is 4.42 Å². The molecule has 0 spiro atoms. The molecule has 0 aromatic carbocycles. The molecule has 1 aromatic rings. The zero-order valence-electron chi connectivity index (χ0n) is 14.4. The Kier molecular flexibility index (Phi) is 4.76. The van der Waals surface area contributed by atoms with Crippen LogP contribution in [0.25, 0.3) is 0 Å². The highest BCUT2D eigenvalue weighted by molar-refractivity contribution is 5.93. The molecule has 1 aliphatic carbocycles. The Bertz CT molecular complexity index is 569. The lowest BCUT2D eigenvalue weighted by Gasteiger charge is -2.44. The van der Waals surface area contributed by atoms with Gasteiger partial charge in [0, 0.05) is 25.4 Å². The van der Waals surface area contributed by atoms with E-state index in [4.69, 9.17) is 4.42 Å². The van der Waals surface area contributed by atoms with Gasteiger partial charge in [0.15, 0.2) is 11.6 Å². The third-order valence-electron chi connectivity index (χ3n) is 5.53. The fourth-order valence-electron chi connectivity index (χ4n) is 4.34. The number of carbonyl (C=O) groups excluding carboxylic acids is 1. The van der Waals surface area contributed by atoms with Gasteiger partial charge in [-0.1, -0.05) is 6.92 Å². The van der Waals surface area contributed by atoms with Crippen molar-refractivity contribution in [2.45, 2.75) is 71.4 Å². The van der Waals surface area contributed by atoms with Crippen LogP contribution in [-0.2, 0) is 0 Å². The van der Waals surface area contributed by atoms with Gasteiger partial charge < -0.3 is 14.4 Å². The van der Waals surface area contributed by atoms with E-state index in [1.54, 1.807) is 13.8 Å². The fourth-order valence-corrected chi connectivity index (χ4v) is 4.34. The highest BCUT2D eigenvalue weighted by Gasteiger charge is 2.40. The van der Waals surface area contributed by atoms with Gasteiger partial charge >= 0.3 is 0 Å². The summed E-state index contributed by atoms with van der Waals surface area (Å²) in [5.74, 6) is 1.91. The number of aliphatic hydroxyl groups excluding tert-OH is 1. The number of rotatable bonds is 2. The standard InChI is InChI=1S/C18H28N2O3/c1-11-7-8-16(21)14(10-11)15-6-4-5-9-20(15)18(22)17-12(2)23-13(3)19-17/h11,14-16,21H,4-10H2,1-3H3/t11-,14+,15-,16-/m1/s1. The first-order valence-corrected chi connectivity index (χ1v) is 8.90. The van der Waals surface area contributed by atoms with Gasteiger partial charge in [-0.3, -0.25) is 4.79 Å². The molecule has 1 amide bonds. The second-order valence-electron chi connectivity index (χ2n) is 7.35. The number of amides is 1. The van der Waals surface area contributed by atoms with Gasteiger partial charge in [0.25, 0.3) is 5.91 Å². The molecule has 1 N–H and O–H groups in total. The van der Waals surface area contributed by atoms with Crippen molar-refractivity contribution in [2.24, 2.45) is 11.8 Å². The molecule has 1 saturated carbocycles. The average molecular weight is 320 g/mol. The van der Waals surface area contributed by atoms with Gasteiger partial charge in [0.1, 0.15) is 5.76 Å². The van der Waals surface area contributed by atoms with Crippen molar-refractivity contribution in [1.82, 2.24) is 9.88 Å². The maximum atomic E-state index is 13.0. The van der Waals surface area contributed by atoms with E-state index in [1.807, 2.05) is 4.90 Å². The van der Waals surface area contributed by atoms with Crippen LogP contribution in [0.3, 0.4) is 0 Å². The molecule has 2 aliphatic rings. The van der Waals surface area contributed by atoms with Crippen molar-refractivity contribution >= 4 is 5.91 Å². The first-order valence-electron chi connectivity index (χ1n) is 8.90. The van der Waals surface area contributed by atoms with E-state index in [1.165, 1.54) is 0 Å². The summed E-state index contributed by atoms with van der Waals surface area (Å²) in [6.45, 7) is 6.57. The molecule has 2 heterocycles. The molecule has 1 aromatic heterocycles. The number of piperidine rings is 1. The second-order valence-corrected chi connectivity index (χ2v) is 7.35. The quantitative estimate of drug-likeness (QED) is 0.909. The van der Waals surface area contributed by atoms with Gasteiger partial charge in [-0.05, 0) is 51.4 Å². The lowest BCUT2D eigenvalue weighted by atomic mass is 9.74. The molecule has 0 bridgehead atoms. The van der Waals surface area contributed by atoms with Crippen LogP contribution >= 0.6 is 0 Å². The molecule has 128 valence electrons. The highest BCUT2D eigenvalue weighted by Crippen LogP contribution is 2.37. The molecule has 1 aliphatic heterocycles. The summed E-state index contributed by atoms with van der Waals surface area (Å²) in [6, 6.07) is 0.130. The lowest BCUT2D eigenvalue weighted by Crippen LogP contribution is -2.52. The Morgan fingerprint density at radius 2 is 2.04 bits per heavy atom. The molecule has 0 radical (unpaired) electrons. The largest absolute Gasteiger partial charge is 0.445 e. The van der Waals surface area contributed by atoms with Gasteiger partial charge in [-0.25, -0.2) is 4.98 Å². The van der Waals surface area contributed by atoms with E-state index >= 15 is 0 Å². The van der Waals surface area contributed by atoms with Crippen molar-refractivity contribution in [3.05, 3.63) is 17.3 Å². The predicted molar refractivity (Wildman–Crippen MR) is 87.2 cm³/mol. The number of aliphatic hydroxyl groups is 1. The number of likely N-dealkylation sites (tertiary alicyclic amines) is 1. The Morgan fingerprint density at radius 1 is 1.26 bits per heavy atom. The van der Waals surface area contributed by atoms with E-state index < -0.39 is 0 Å². The van der Waals surface area contributed by atoms with E-state index in [0.29, 0.717) is 23.3 Å². The predicted octanol–water partition coefficient (Wildman–Crippen LogP) is 3.08. The first-order chi connectivity index (χ1) is 11.0. The van der Waals surface area contributed by atoms with Gasteiger partial charge in [-0.2, -0.15) is 0 Å². The molecule has 3 rings (SSSR count). The summed E-state index contributed by atoms with van der Waals surface area (Å²) in [4.78, 5) is 19.2. The molecule has 2 fully saturated rings. The van der Waals surface area contributed by atoms with Crippen molar-refractivity contribution in [3.63, 3.8) is 0 Å². The van der Waals surface area contributed by atoms with Crippen molar-refractivity contribution in [3.8, 4) is 0 Å². The Morgan fingerprint density at radius 3 is 2.74 bits per heavy atom. The molecule has 23 heavy (non-hydrogen) atoms. The minimum atomic E-state index is -0.287. The van der Waals surface area contributed by atoms with Crippen LogP contribution in [0.1, 0.15) is 67.6 Å². The monoisotopic (exact) mass is 320 g/mol. The maximum Gasteiger partial charge on any atom is 0.276 e. The molecule has 5 heteroatoms. The molecule has 4 atom stereocenters. The van der Waals surface area contributed by atoms with Crippen LogP contribution in [0.2, 0.25) is 0 Å².